The Morgan fingerprint density at radius 1 is 1.17 bits per heavy atom. The van der Waals surface area contributed by atoms with Gasteiger partial charge in [0.05, 0.1) is 6.54 Å². The number of nitrogens with one attached hydrogen (secondary N) is 1. The Hall–Kier alpha value is -1.06. The van der Waals surface area contributed by atoms with Crippen molar-refractivity contribution in [1.29, 1.82) is 0 Å². The van der Waals surface area contributed by atoms with Gasteiger partial charge in [-0.15, -0.1) is 0 Å². The Bertz CT molecular complexity index is 299. The Morgan fingerprint density at radius 3 is 2.22 bits per heavy atom. The van der Waals surface area contributed by atoms with Gasteiger partial charge in [-0.1, -0.05) is 19.8 Å². The average molecular weight is 255 g/mol. The number of alkyl carbamates (subject to hydrolysis) is 1. The minimum absolute atomic E-state index is 0.0912. The van der Waals surface area contributed by atoms with Gasteiger partial charge in [0.15, 0.2) is 5.78 Å². The van der Waals surface area contributed by atoms with E-state index in [1.807, 2.05) is 0 Å². The molecule has 18 heavy (non-hydrogen) atoms. The molecular weight excluding hydrogens is 230 g/mol. The zero-order chi connectivity index (χ0) is 13.8. The predicted octanol–water partition coefficient (Wildman–Crippen LogP) is 2.91. The van der Waals surface area contributed by atoms with E-state index < -0.39 is 11.7 Å². The van der Waals surface area contributed by atoms with Crippen LogP contribution in [0.1, 0.15) is 53.4 Å². The molecule has 1 N–H and O–H groups in total. The molecule has 0 bridgehead atoms. The second-order valence-corrected chi connectivity index (χ2v) is 6.28. The van der Waals surface area contributed by atoms with Gasteiger partial charge in [0.1, 0.15) is 5.60 Å². The van der Waals surface area contributed by atoms with Gasteiger partial charge in [-0.2, -0.15) is 0 Å². The van der Waals surface area contributed by atoms with E-state index in [0.29, 0.717) is 0 Å². The number of amides is 1. The molecule has 0 aromatic carbocycles. The molecule has 104 valence electrons. The van der Waals surface area contributed by atoms with Crippen LogP contribution in [0.3, 0.4) is 0 Å². The van der Waals surface area contributed by atoms with E-state index >= 15 is 0 Å². The molecule has 1 aliphatic rings. The van der Waals surface area contributed by atoms with Crippen LogP contribution in [0.2, 0.25) is 0 Å². The summed E-state index contributed by atoms with van der Waals surface area (Å²) in [4.78, 5) is 23.3. The molecular formula is C14H25NO3. The van der Waals surface area contributed by atoms with Crippen molar-refractivity contribution in [2.75, 3.05) is 6.54 Å². The third-order valence-corrected chi connectivity index (χ3v) is 3.28. The monoisotopic (exact) mass is 255 g/mol. The number of carbonyl (C=O) groups excluding carboxylic acids is 2. The first kappa shape index (κ1) is 15.0. The lowest BCUT2D eigenvalue weighted by atomic mass is 9.81. The Morgan fingerprint density at radius 2 is 1.72 bits per heavy atom. The molecule has 1 saturated carbocycles. The summed E-state index contributed by atoms with van der Waals surface area (Å²) in [6.45, 7) is 7.72. The van der Waals surface area contributed by atoms with Crippen LogP contribution in [0.25, 0.3) is 0 Å². The van der Waals surface area contributed by atoms with Crippen molar-refractivity contribution < 1.29 is 14.3 Å². The molecule has 0 unspecified atom stereocenters. The normalized spacial score (nSPS) is 24.4. The summed E-state index contributed by atoms with van der Waals surface area (Å²) in [6.07, 6.45) is 3.62. The predicted molar refractivity (Wildman–Crippen MR) is 70.4 cm³/mol. The van der Waals surface area contributed by atoms with E-state index in [-0.39, 0.29) is 18.2 Å². The smallest absolute Gasteiger partial charge is 0.408 e. The highest BCUT2D eigenvalue weighted by molar-refractivity contribution is 5.86. The molecule has 1 aliphatic carbocycles. The van der Waals surface area contributed by atoms with Crippen LogP contribution in [-0.4, -0.2) is 24.0 Å². The average Bonchev–Trinajstić information content (AvgIpc) is 2.24. The highest BCUT2D eigenvalue weighted by Crippen LogP contribution is 2.28. The minimum Gasteiger partial charge on any atom is -0.444 e. The van der Waals surface area contributed by atoms with Gasteiger partial charge in [-0.3, -0.25) is 4.79 Å². The van der Waals surface area contributed by atoms with Crippen LogP contribution in [0.5, 0.6) is 0 Å². The number of ketones is 1. The van der Waals surface area contributed by atoms with E-state index in [1.54, 1.807) is 20.8 Å². The maximum Gasteiger partial charge on any atom is 0.408 e. The summed E-state index contributed by atoms with van der Waals surface area (Å²) in [5, 5.41) is 2.54. The molecule has 0 aromatic heterocycles. The van der Waals surface area contributed by atoms with Crippen LogP contribution < -0.4 is 5.32 Å². The first-order valence-electron chi connectivity index (χ1n) is 6.77. The third kappa shape index (κ3) is 5.52. The Labute approximate surface area is 109 Å². The number of Topliss-reactive ketones (excluding diaryl/α,β-unsaturated/α-hetero) is 1. The lowest BCUT2D eigenvalue weighted by molar-refractivity contribution is -0.123. The molecule has 1 rings (SSSR count). The molecule has 1 amide bonds. The second-order valence-electron chi connectivity index (χ2n) is 6.28. The first-order valence-corrected chi connectivity index (χ1v) is 6.77. The second kappa shape index (κ2) is 6.21. The van der Waals surface area contributed by atoms with Crippen LogP contribution in [0.4, 0.5) is 4.79 Å². The fraction of sp³-hybridized carbons (Fsp3) is 0.857. The molecule has 0 spiro atoms. The van der Waals surface area contributed by atoms with Crippen LogP contribution >= 0.6 is 0 Å². The van der Waals surface area contributed by atoms with Crippen molar-refractivity contribution >= 4 is 11.9 Å². The molecule has 0 radical (unpaired) electrons. The largest absolute Gasteiger partial charge is 0.444 e. The fourth-order valence-corrected chi connectivity index (χ4v) is 2.20. The van der Waals surface area contributed by atoms with Gasteiger partial charge in [0.25, 0.3) is 0 Å². The maximum atomic E-state index is 11.9. The van der Waals surface area contributed by atoms with E-state index in [2.05, 4.69) is 12.2 Å². The minimum atomic E-state index is -0.520. The summed E-state index contributed by atoms with van der Waals surface area (Å²) in [5.74, 6) is 0.983. The molecule has 0 aliphatic heterocycles. The summed E-state index contributed by atoms with van der Waals surface area (Å²) in [5.41, 5.74) is -0.520. The van der Waals surface area contributed by atoms with E-state index in [4.69, 9.17) is 4.74 Å². The number of hydrogen-bond acceptors (Lipinski definition) is 3. The maximum absolute atomic E-state index is 11.9. The molecule has 1 fully saturated rings. The van der Waals surface area contributed by atoms with Gasteiger partial charge < -0.3 is 10.1 Å². The molecule has 0 atom stereocenters. The number of rotatable bonds is 3. The van der Waals surface area contributed by atoms with Crippen molar-refractivity contribution in [3.63, 3.8) is 0 Å². The van der Waals surface area contributed by atoms with Crippen molar-refractivity contribution in [1.82, 2.24) is 5.32 Å². The van der Waals surface area contributed by atoms with Gasteiger partial charge >= 0.3 is 6.09 Å². The van der Waals surface area contributed by atoms with E-state index in [0.717, 1.165) is 31.6 Å². The standard InChI is InChI=1S/C14H25NO3/c1-10-5-7-11(8-6-10)12(16)9-15-13(17)18-14(2,3)4/h10-11H,5-9H2,1-4H3,(H,15,17). The third-order valence-electron chi connectivity index (χ3n) is 3.28. The van der Waals surface area contributed by atoms with E-state index in [9.17, 15) is 9.59 Å². The van der Waals surface area contributed by atoms with Crippen molar-refractivity contribution in [2.24, 2.45) is 11.8 Å². The Kier molecular flexibility index (Phi) is 5.17. The van der Waals surface area contributed by atoms with Gasteiger partial charge in [-0.05, 0) is 39.5 Å². The van der Waals surface area contributed by atoms with Crippen LogP contribution in [-0.2, 0) is 9.53 Å². The fourth-order valence-electron chi connectivity index (χ4n) is 2.20. The summed E-state index contributed by atoms with van der Waals surface area (Å²) < 4.78 is 5.09. The summed E-state index contributed by atoms with van der Waals surface area (Å²) >= 11 is 0. The Balaban J connectivity index is 2.27. The van der Waals surface area contributed by atoms with Crippen LogP contribution in [0, 0.1) is 11.8 Å². The number of hydrogen-bond donors (Lipinski definition) is 1. The van der Waals surface area contributed by atoms with Crippen molar-refractivity contribution in [3.05, 3.63) is 0 Å². The van der Waals surface area contributed by atoms with Gasteiger partial charge in [-0.25, -0.2) is 4.79 Å². The molecule has 4 nitrogen and oxygen atoms in total. The lowest BCUT2D eigenvalue weighted by Gasteiger charge is -2.25. The SMILES string of the molecule is CC1CCC(C(=O)CNC(=O)OC(C)(C)C)CC1. The summed E-state index contributed by atoms with van der Waals surface area (Å²) in [6, 6.07) is 0. The molecule has 0 aromatic rings. The van der Waals surface area contributed by atoms with Crippen molar-refractivity contribution in [3.8, 4) is 0 Å². The number of ether oxygens (including phenoxy) is 1. The first-order chi connectivity index (χ1) is 8.28. The van der Waals surface area contributed by atoms with Gasteiger partial charge in [0.2, 0.25) is 0 Å². The molecule has 4 heteroatoms. The van der Waals surface area contributed by atoms with E-state index in [1.165, 1.54) is 0 Å². The lowest BCUT2D eigenvalue weighted by Crippen LogP contribution is -2.37. The quantitative estimate of drug-likeness (QED) is 0.843. The number of carbonyl (C=O) groups is 2. The highest BCUT2D eigenvalue weighted by atomic mass is 16.6. The summed E-state index contributed by atoms with van der Waals surface area (Å²) in [7, 11) is 0. The zero-order valence-corrected chi connectivity index (χ0v) is 11.9. The van der Waals surface area contributed by atoms with Crippen LogP contribution in [0.15, 0.2) is 0 Å². The van der Waals surface area contributed by atoms with Crippen molar-refractivity contribution in [2.45, 2.75) is 59.0 Å². The molecule has 0 heterocycles. The highest BCUT2D eigenvalue weighted by Gasteiger charge is 2.25. The topological polar surface area (TPSA) is 55.4 Å². The van der Waals surface area contributed by atoms with Gasteiger partial charge in [0, 0.05) is 5.92 Å². The molecule has 0 saturated heterocycles. The zero-order valence-electron chi connectivity index (χ0n) is 11.9.